The Labute approximate surface area is 78.3 Å². The first kappa shape index (κ1) is 10.7. The quantitative estimate of drug-likeness (QED) is 0.704. The number of nitrogens with zero attached hydrogens (tertiary/aromatic N) is 3. The standard InChI is InChI=1S/C7H9F2N3O2/c1-5-6(2-13)10-11-12(5)3-7(8,9)4-14/h2,14H,3-4H2,1H3. The molecule has 0 aliphatic heterocycles. The molecule has 0 unspecified atom stereocenters. The minimum absolute atomic E-state index is 0.0266. The van der Waals surface area contributed by atoms with Gasteiger partial charge >= 0.3 is 0 Å². The van der Waals surface area contributed by atoms with Crippen molar-refractivity contribution in [3.63, 3.8) is 0 Å². The molecule has 0 bridgehead atoms. The van der Waals surface area contributed by atoms with E-state index in [2.05, 4.69) is 10.3 Å². The van der Waals surface area contributed by atoms with Gasteiger partial charge < -0.3 is 5.11 Å². The van der Waals surface area contributed by atoms with Crippen LogP contribution in [0.2, 0.25) is 0 Å². The van der Waals surface area contributed by atoms with Crippen molar-refractivity contribution in [1.29, 1.82) is 0 Å². The number of alkyl halides is 2. The zero-order valence-electron chi connectivity index (χ0n) is 7.44. The van der Waals surface area contributed by atoms with Crippen molar-refractivity contribution in [3.8, 4) is 0 Å². The van der Waals surface area contributed by atoms with Gasteiger partial charge in [0, 0.05) is 0 Å². The molecule has 0 saturated carbocycles. The Balaban J connectivity index is 2.87. The third-order valence-electron chi connectivity index (χ3n) is 1.74. The Kier molecular flexibility index (Phi) is 2.90. The Bertz CT molecular complexity index is 338. The van der Waals surface area contributed by atoms with Crippen molar-refractivity contribution in [2.75, 3.05) is 6.61 Å². The molecule has 0 spiro atoms. The van der Waals surface area contributed by atoms with Crippen LogP contribution < -0.4 is 0 Å². The van der Waals surface area contributed by atoms with Crippen LogP contribution in [0.15, 0.2) is 0 Å². The van der Waals surface area contributed by atoms with E-state index in [9.17, 15) is 13.6 Å². The van der Waals surface area contributed by atoms with Crippen molar-refractivity contribution in [1.82, 2.24) is 15.0 Å². The fourth-order valence-electron chi connectivity index (χ4n) is 0.902. The van der Waals surface area contributed by atoms with Crippen LogP contribution >= 0.6 is 0 Å². The number of carbonyl (C=O) groups is 1. The predicted octanol–water partition coefficient (Wildman–Crippen LogP) is 0.0266. The lowest BCUT2D eigenvalue weighted by atomic mass is 10.3. The van der Waals surface area contributed by atoms with E-state index in [0.29, 0.717) is 6.29 Å². The molecule has 1 rings (SSSR count). The van der Waals surface area contributed by atoms with Crippen LogP contribution in [0.5, 0.6) is 0 Å². The summed E-state index contributed by atoms with van der Waals surface area (Å²) in [7, 11) is 0. The Morgan fingerprint density at radius 2 is 2.29 bits per heavy atom. The molecule has 0 aromatic carbocycles. The number of aliphatic hydroxyl groups excluding tert-OH is 1. The minimum atomic E-state index is -3.25. The summed E-state index contributed by atoms with van der Waals surface area (Å²) in [6.07, 6.45) is 0.440. The van der Waals surface area contributed by atoms with E-state index >= 15 is 0 Å². The Morgan fingerprint density at radius 3 is 2.71 bits per heavy atom. The van der Waals surface area contributed by atoms with E-state index in [1.54, 1.807) is 0 Å². The van der Waals surface area contributed by atoms with Crippen molar-refractivity contribution >= 4 is 6.29 Å². The van der Waals surface area contributed by atoms with Crippen LogP contribution in [-0.2, 0) is 6.54 Å². The van der Waals surface area contributed by atoms with E-state index in [-0.39, 0.29) is 11.4 Å². The summed E-state index contributed by atoms with van der Waals surface area (Å²) < 4.78 is 26.3. The molecule has 1 heterocycles. The number of hydrogen-bond donors (Lipinski definition) is 1. The SMILES string of the molecule is Cc1c(C=O)nnn1CC(F)(F)CO. The minimum Gasteiger partial charge on any atom is -0.390 e. The van der Waals surface area contributed by atoms with Crippen LogP contribution in [0.4, 0.5) is 8.78 Å². The number of aldehydes is 1. The number of halogens is 2. The largest absolute Gasteiger partial charge is 0.390 e. The van der Waals surface area contributed by atoms with E-state index < -0.39 is 19.1 Å². The molecule has 0 amide bonds. The van der Waals surface area contributed by atoms with Crippen LogP contribution in [-0.4, -0.2) is 38.9 Å². The molecule has 14 heavy (non-hydrogen) atoms. The van der Waals surface area contributed by atoms with E-state index in [0.717, 1.165) is 4.68 Å². The molecule has 0 atom stereocenters. The van der Waals surface area contributed by atoms with Crippen molar-refractivity contribution in [2.45, 2.75) is 19.4 Å². The molecule has 1 aromatic rings. The van der Waals surface area contributed by atoms with Crippen LogP contribution in [0.25, 0.3) is 0 Å². The molecule has 1 aromatic heterocycles. The average molecular weight is 205 g/mol. The highest BCUT2D eigenvalue weighted by Crippen LogP contribution is 2.15. The molecule has 1 N–H and O–H groups in total. The Morgan fingerprint density at radius 1 is 1.64 bits per heavy atom. The third kappa shape index (κ3) is 2.11. The van der Waals surface area contributed by atoms with Gasteiger partial charge in [0.1, 0.15) is 18.8 Å². The van der Waals surface area contributed by atoms with E-state index in [4.69, 9.17) is 5.11 Å². The number of rotatable bonds is 4. The van der Waals surface area contributed by atoms with Gasteiger partial charge in [0.15, 0.2) is 6.29 Å². The lowest BCUT2D eigenvalue weighted by molar-refractivity contribution is -0.0659. The van der Waals surface area contributed by atoms with Gasteiger partial charge in [-0.1, -0.05) is 5.21 Å². The zero-order chi connectivity index (χ0) is 10.8. The van der Waals surface area contributed by atoms with Gasteiger partial charge in [0.2, 0.25) is 0 Å². The van der Waals surface area contributed by atoms with E-state index in [1.165, 1.54) is 6.92 Å². The van der Waals surface area contributed by atoms with Gasteiger partial charge in [-0.2, -0.15) is 0 Å². The van der Waals surface area contributed by atoms with Gasteiger partial charge in [0.05, 0.1) is 5.69 Å². The third-order valence-corrected chi connectivity index (χ3v) is 1.74. The fourth-order valence-corrected chi connectivity index (χ4v) is 0.902. The molecule has 0 radical (unpaired) electrons. The molecule has 7 heteroatoms. The van der Waals surface area contributed by atoms with Crippen LogP contribution in [0.3, 0.4) is 0 Å². The summed E-state index contributed by atoms with van der Waals surface area (Å²) in [4.78, 5) is 10.3. The summed E-state index contributed by atoms with van der Waals surface area (Å²) in [5, 5.41) is 15.1. The summed E-state index contributed by atoms with van der Waals surface area (Å²) in [6, 6.07) is 0. The summed E-state index contributed by atoms with van der Waals surface area (Å²) >= 11 is 0. The summed E-state index contributed by atoms with van der Waals surface area (Å²) in [5.41, 5.74) is 0.284. The van der Waals surface area contributed by atoms with Gasteiger partial charge in [0.25, 0.3) is 5.92 Å². The van der Waals surface area contributed by atoms with Crippen LogP contribution in [0, 0.1) is 6.92 Å². The molecule has 78 valence electrons. The molecule has 0 fully saturated rings. The lowest BCUT2D eigenvalue weighted by Gasteiger charge is -2.13. The number of carbonyl (C=O) groups excluding carboxylic acids is 1. The smallest absolute Gasteiger partial charge is 0.289 e. The van der Waals surface area contributed by atoms with Crippen molar-refractivity contribution < 1.29 is 18.7 Å². The zero-order valence-corrected chi connectivity index (χ0v) is 7.44. The highest BCUT2D eigenvalue weighted by Gasteiger charge is 2.30. The summed E-state index contributed by atoms with van der Waals surface area (Å²) in [6.45, 7) is -0.587. The number of aromatic nitrogens is 3. The van der Waals surface area contributed by atoms with Crippen molar-refractivity contribution in [2.24, 2.45) is 0 Å². The highest BCUT2D eigenvalue weighted by molar-refractivity contribution is 5.72. The average Bonchev–Trinajstić information content (AvgIpc) is 2.47. The van der Waals surface area contributed by atoms with E-state index in [1.807, 2.05) is 0 Å². The first-order valence-corrected chi connectivity index (χ1v) is 3.84. The lowest BCUT2D eigenvalue weighted by Crippen LogP contribution is -2.29. The second-order valence-corrected chi connectivity index (χ2v) is 2.85. The fraction of sp³-hybridized carbons (Fsp3) is 0.571. The topological polar surface area (TPSA) is 68.0 Å². The Hall–Kier alpha value is -1.37. The van der Waals surface area contributed by atoms with Gasteiger partial charge in [-0.05, 0) is 6.92 Å². The van der Waals surface area contributed by atoms with Crippen LogP contribution in [0.1, 0.15) is 16.2 Å². The molecule has 0 aliphatic carbocycles. The maximum atomic E-state index is 12.7. The second-order valence-electron chi connectivity index (χ2n) is 2.85. The predicted molar refractivity (Wildman–Crippen MR) is 42.2 cm³/mol. The summed E-state index contributed by atoms with van der Waals surface area (Å²) in [5.74, 6) is -3.25. The normalized spacial score (nSPS) is 11.7. The number of hydrogen-bond acceptors (Lipinski definition) is 4. The molecule has 0 aliphatic rings. The molecular formula is C7H9F2N3O2. The first-order valence-electron chi connectivity index (χ1n) is 3.84. The second kappa shape index (κ2) is 3.79. The van der Waals surface area contributed by atoms with Crippen molar-refractivity contribution in [3.05, 3.63) is 11.4 Å². The maximum absolute atomic E-state index is 12.7. The maximum Gasteiger partial charge on any atom is 0.289 e. The molecule has 5 nitrogen and oxygen atoms in total. The monoisotopic (exact) mass is 205 g/mol. The van der Waals surface area contributed by atoms with Gasteiger partial charge in [-0.25, -0.2) is 13.5 Å². The highest BCUT2D eigenvalue weighted by atomic mass is 19.3. The van der Waals surface area contributed by atoms with Gasteiger partial charge in [-0.3, -0.25) is 4.79 Å². The molecular weight excluding hydrogens is 196 g/mol. The number of aliphatic hydroxyl groups is 1. The first-order chi connectivity index (χ1) is 6.50. The van der Waals surface area contributed by atoms with Gasteiger partial charge in [-0.15, -0.1) is 5.10 Å². The molecule has 0 saturated heterocycles.